The van der Waals surface area contributed by atoms with Crippen LogP contribution in [0.2, 0.25) is 0 Å². The van der Waals surface area contributed by atoms with Crippen molar-refractivity contribution in [2.75, 3.05) is 5.73 Å². The molecule has 1 aliphatic rings. The van der Waals surface area contributed by atoms with Crippen LogP contribution in [0.1, 0.15) is 30.1 Å². The van der Waals surface area contributed by atoms with Crippen molar-refractivity contribution < 1.29 is 4.39 Å². The number of rotatable bonds is 2. The Bertz CT molecular complexity index is 653. The zero-order valence-electron chi connectivity index (χ0n) is 10.5. The fraction of sp³-hybridized carbons (Fsp3) is 0.286. The lowest BCUT2D eigenvalue weighted by Gasteiger charge is -2.11. The minimum Gasteiger partial charge on any atom is -0.383 e. The van der Waals surface area contributed by atoms with E-state index in [0.29, 0.717) is 23.0 Å². The molecule has 5 heteroatoms. The summed E-state index contributed by atoms with van der Waals surface area (Å²) in [6, 6.07) is 4.81. The van der Waals surface area contributed by atoms with Crippen LogP contribution in [0.3, 0.4) is 0 Å². The van der Waals surface area contributed by atoms with Crippen LogP contribution < -0.4 is 5.73 Å². The van der Waals surface area contributed by atoms with E-state index in [2.05, 4.69) is 25.9 Å². The van der Waals surface area contributed by atoms with Gasteiger partial charge in [-0.05, 0) is 38.0 Å². The standard InChI is InChI=1S/C14H13BrFN3/c1-7-12(10-6-9(15)4-5-11(10)16)18-14(8-2-3-8)19-13(7)17/h4-6,8H,2-3H2,1H3,(H2,17,18,19). The Kier molecular flexibility index (Phi) is 3.01. The first kappa shape index (κ1) is 12.5. The van der Waals surface area contributed by atoms with E-state index in [0.717, 1.165) is 28.7 Å². The molecule has 2 aromatic rings. The van der Waals surface area contributed by atoms with Crippen molar-refractivity contribution >= 4 is 21.7 Å². The van der Waals surface area contributed by atoms with E-state index in [1.807, 2.05) is 6.92 Å². The van der Waals surface area contributed by atoms with Gasteiger partial charge in [0.05, 0.1) is 5.69 Å². The van der Waals surface area contributed by atoms with E-state index in [-0.39, 0.29) is 5.82 Å². The number of nitrogens with zero attached hydrogens (tertiary/aromatic N) is 2. The van der Waals surface area contributed by atoms with Crippen LogP contribution in [-0.2, 0) is 0 Å². The molecule has 0 amide bonds. The molecule has 0 unspecified atom stereocenters. The van der Waals surface area contributed by atoms with Crippen molar-refractivity contribution in [1.82, 2.24) is 9.97 Å². The van der Waals surface area contributed by atoms with Crippen LogP contribution in [0.5, 0.6) is 0 Å². The molecule has 19 heavy (non-hydrogen) atoms. The summed E-state index contributed by atoms with van der Waals surface area (Å²) >= 11 is 3.36. The average Bonchev–Trinajstić information content (AvgIpc) is 3.20. The zero-order chi connectivity index (χ0) is 13.6. The zero-order valence-corrected chi connectivity index (χ0v) is 12.0. The highest BCUT2D eigenvalue weighted by atomic mass is 79.9. The number of halogens is 2. The molecular weight excluding hydrogens is 309 g/mol. The van der Waals surface area contributed by atoms with Gasteiger partial charge in [-0.25, -0.2) is 14.4 Å². The fourth-order valence-electron chi connectivity index (χ4n) is 2.02. The number of anilines is 1. The van der Waals surface area contributed by atoms with Crippen molar-refractivity contribution in [2.24, 2.45) is 0 Å². The van der Waals surface area contributed by atoms with Crippen molar-refractivity contribution in [3.8, 4) is 11.3 Å². The topological polar surface area (TPSA) is 51.8 Å². The van der Waals surface area contributed by atoms with Gasteiger partial charge in [-0.2, -0.15) is 0 Å². The highest BCUT2D eigenvalue weighted by Gasteiger charge is 2.28. The minimum atomic E-state index is -0.300. The van der Waals surface area contributed by atoms with Gasteiger partial charge in [0.2, 0.25) is 0 Å². The number of benzene rings is 1. The number of nitrogens with two attached hydrogens (primary N) is 1. The first-order valence-electron chi connectivity index (χ1n) is 6.15. The number of hydrogen-bond donors (Lipinski definition) is 1. The summed E-state index contributed by atoms with van der Waals surface area (Å²) in [6.07, 6.45) is 2.17. The maximum Gasteiger partial charge on any atom is 0.134 e. The molecule has 0 atom stereocenters. The van der Waals surface area contributed by atoms with Gasteiger partial charge >= 0.3 is 0 Å². The summed E-state index contributed by atoms with van der Waals surface area (Å²) in [5.41, 5.74) is 7.70. The molecule has 0 saturated heterocycles. The molecule has 2 N–H and O–H groups in total. The third kappa shape index (κ3) is 2.34. The summed E-state index contributed by atoms with van der Waals surface area (Å²) < 4.78 is 14.8. The summed E-state index contributed by atoms with van der Waals surface area (Å²) in [5.74, 6) is 1.26. The second-order valence-electron chi connectivity index (χ2n) is 4.84. The van der Waals surface area contributed by atoms with E-state index >= 15 is 0 Å². The van der Waals surface area contributed by atoms with Gasteiger partial charge in [0, 0.05) is 21.5 Å². The van der Waals surface area contributed by atoms with E-state index in [1.54, 1.807) is 12.1 Å². The molecule has 1 heterocycles. The fourth-order valence-corrected chi connectivity index (χ4v) is 2.38. The van der Waals surface area contributed by atoms with E-state index in [9.17, 15) is 4.39 Å². The van der Waals surface area contributed by atoms with Crippen LogP contribution in [-0.4, -0.2) is 9.97 Å². The molecule has 0 aliphatic heterocycles. The number of nitrogen functional groups attached to an aromatic ring is 1. The van der Waals surface area contributed by atoms with Crippen LogP contribution in [0, 0.1) is 12.7 Å². The van der Waals surface area contributed by atoms with Gasteiger partial charge in [0.25, 0.3) is 0 Å². The number of aromatic nitrogens is 2. The lowest BCUT2D eigenvalue weighted by molar-refractivity contribution is 0.630. The van der Waals surface area contributed by atoms with Crippen molar-refractivity contribution in [3.05, 3.63) is 39.9 Å². The van der Waals surface area contributed by atoms with E-state index < -0.39 is 0 Å². The molecule has 3 nitrogen and oxygen atoms in total. The Hall–Kier alpha value is -1.49. The average molecular weight is 322 g/mol. The van der Waals surface area contributed by atoms with Crippen molar-refractivity contribution in [1.29, 1.82) is 0 Å². The monoisotopic (exact) mass is 321 g/mol. The van der Waals surface area contributed by atoms with Gasteiger partial charge in [-0.15, -0.1) is 0 Å². The first-order chi connectivity index (χ1) is 9.06. The molecule has 98 valence electrons. The molecule has 0 radical (unpaired) electrons. The van der Waals surface area contributed by atoms with Gasteiger partial charge in [0.15, 0.2) is 0 Å². The smallest absolute Gasteiger partial charge is 0.134 e. The lowest BCUT2D eigenvalue weighted by atomic mass is 10.1. The third-order valence-electron chi connectivity index (χ3n) is 3.33. The molecule has 3 rings (SSSR count). The van der Waals surface area contributed by atoms with Gasteiger partial charge in [-0.1, -0.05) is 15.9 Å². The van der Waals surface area contributed by atoms with Crippen molar-refractivity contribution in [2.45, 2.75) is 25.7 Å². The van der Waals surface area contributed by atoms with Crippen molar-refractivity contribution in [3.63, 3.8) is 0 Å². The summed E-state index contributed by atoms with van der Waals surface area (Å²) in [7, 11) is 0. The Labute approximate surface area is 119 Å². The summed E-state index contributed by atoms with van der Waals surface area (Å²) in [5, 5.41) is 0. The molecule has 1 aromatic carbocycles. The molecule has 1 saturated carbocycles. The second kappa shape index (κ2) is 4.56. The van der Waals surface area contributed by atoms with Crippen LogP contribution >= 0.6 is 15.9 Å². The van der Waals surface area contributed by atoms with Crippen LogP contribution in [0.25, 0.3) is 11.3 Å². The van der Waals surface area contributed by atoms with Gasteiger partial charge < -0.3 is 5.73 Å². The normalized spacial score (nSPS) is 14.7. The lowest BCUT2D eigenvalue weighted by Crippen LogP contribution is -2.05. The molecular formula is C14H13BrFN3. The molecule has 0 spiro atoms. The largest absolute Gasteiger partial charge is 0.383 e. The third-order valence-corrected chi connectivity index (χ3v) is 3.82. The molecule has 1 fully saturated rings. The number of hydrogen-bond acceptors (Lipinski definition) is 3. The first-order valence-corrected chi connectivity index (χ1v) is 6.95. The highest BCUT2D eigenvalue weighted by molar-refractivity contribution is 9.10. The van der Waals surface area contributed by atoms with Crippen LogP contribution in [0.15, 0.2) is 22.7 Å². The summed E-state index contributed by atoms with van der Waals surface area (Å²) in [4.78, 5) is 8.82. The Morgan fingerprint density at radius 3 is 2.74 bits per heavy atom. The quantitative estimate of drug-likeness (QED) is 0.914. The molecule has 1 aromatic heterocycles. The van der Waals surface area contributed by atoms with E-state index in [4.69, 9.17) is 5.73 Å². The maximum atomic E-state index is 14.0. The SMILES string of the molecule is Cc1c(N)nc(C2CC2)nc1-c1cc(Br)ccc1F. The predicted octanol–water partition coefficient (Wildman–Crippen LogP) is 3.81. The Morgan fingerprint density at radius 2 is 2.05 bits per heavy atom. The summed E-state index contributed by atoms with van der Waals surface area (Å²) in [6.45, 7) is 1.82. The molecule has 0 bridgehead atoms. The van der Waals surface area contributed by atoms with E-state index in [1.165, 1.54) is 6.07 Å². The molecule has 1 aliphatic carbocycles. The van der Waals surface area contributed by atoms with Gasteiger partial charge in [0.1, 0.15) is 17.5 Å². The Balaban J connectivity index is 2.20. The Morgan fingerprint density at radius 1 is 1.32 bits per heavy atom. The second-order valence-corrected chi connectivity index (χ2v) is 5.75. The van der Waals surface area contributed by atoms with Gasteiger partial charge in [-0.3, -0.25) is 0 Å². The maximum absolute atomic E-state index is 14.0. The highest BCUT2D eigenvalue weighted by Crippen LogP contribution is 2.40. The van der Waals surface area contributed by atoms with Crippen LogP contribution in [0.4, 0.5) is 10.2 Å². The minimum absolute atomic E-state index is 0.300. The predicted molar refractivity (Wildman–Crippen MR) is 76.3 cm³/mol.